The van der Waals surface area contributed by atoms with Crippen LogP contribution in [0.1, 0.15) is 22.3 Å². The normalized spacial score (nSPS) is 14.6. The van der Waals surface area contributed by atoms with E-state index in [4.69, 9.17) is 0 Å². The third-order valence-electron chi connectivity index (χ3n) is 5.14. The first-order valence-electron chi connectivity index (χ1n) is 8.79. The summed E-state index contributed by atoms with van der Waals surface area (Å²) >= 11 is 0. The summed E-state index contributed by atoms with van der Waals surface area (Å²) in [6, 6.07) is 12.1. The van der Waals surface area contributed by atoms with E-state index >= 15 is 0 Å². The van der Waals surface area contributed by atoms with Crippen LogP contribution >= 0.6 is 0 Å². The van der Waals surface area contributed by atoms with Crippen molar-refractivity contribution in [2.75, 3.05) is 0 Å². The number of aryl methyl sites for hydroxylation is 2. The maximum Gasteiger partial charge on any atom is 0.259 e. The van der Waals surface area contributed by atoms with E-state index in [0.717, 1.165) is 44.1 Å². The van der Waals surface area contributed by atoms with Gasteiger partial charge in [0, 0.05) is 45.3 Å². The van der Waals surface area contributed by atoms with Crippen molar-refractivity contribution in [2.45, 2.75) is 13.8 Å². The number of carbonyl (C=O) groups is 2. The molecular weight excluding hydrogens is 338 g/mol. The number of nitrogens with one attached hydrogen (secondary N) is 3. The van der Waals surface area contributed by atoms with E-state index in [1.807, 2.05) is 50.2 Å². The number of rotatable bonds is 2. The number of aromatic amines is 2. The second kappa shape index (κ2) is 5.45. The van der Waals surface area contributed by atoms with Crippen LogP contribution in [0.4, 0.5) is 0 Å². The second-order valence-electron chi connectivity index (χ2n) is 7.04. The summed E-state index contributed by atoms with van der Waals surface area (Å²) in [7, 11) is 0. The summed E-state index contributed by atoms with van der Waals surface area (Å²) in [6.07, 6.45) is 3.61. The molecule has 4 aromatic rings. The average molecular weight is 355 g/mol. The van der Waals surface area contributed by atoms with E-state index in [0.29, 0.717) is 11.1 Å². The predicted molar refractivity (Wildman–Crippen MR) is 106 cm³/mol. The molecule has 0 spiro atoms. The Kier molecular flexibility index (Phi) is 3.15. The van der Waals surface area contributed by atoms with Crippen LogP contribution in [0.3, 0.4) is 0 Å². The number of carbonyl (C=O) groups excluding carboxylic acids is 2. The van der Waals surface area contributed by atoms with E-state index in [-0.39, 0.29) is 11.8 Å². The van der Waals surface area contributed by atoms with Gasteiger partial charge >= 0.3 is 0 Å². The number of aromatic nitrogens is 2. The highest BCUT2D eigenvalue weighted by Crippen LogP contribution is 2.37. The number of imide groups is 1. The van der Waals surface area contributed by atoms with E-state index in [2.05, 4.69) is 15.3 Å². The van der Waals surface area contributed by atoms with Gasteiger partial charge < -0.3 is 9.97 Å². The number of hydrogen-bond acceptors (Lipinski definition) is 2. The van der Waals surface area contributed by atoms with Gasteiger partial charge in [0.2, 0.25) is 0 Å². The van der Waals surface area contributed by atoms with Crippen LogP contribution in [0, 0.1) is 13.8 Å². The number of benzene rings is 2. The zero-order valence-corrected chi connectivity index (χ0v) is 14.9. The fourth-order valence-electron chi connectivity index (χ4n) is 3.85. The Morgan fingerprint density at radius 2 is 1.11 bits per heavy atom. The predicted octanol–water partition coefficient (Wildman–Crippen LogP) is 3.83. The molecule has 0 aliphatic carbocycles. The Hall–Kier alpha value is -3.60. The molecule has 0 bridgehead atoms. The van der Waals surface area contributed by atoms with Gasteiger partial charge in [0.15, 0.2) is 0 Å². The fourth-order valence-corrected chi connectivity index (χ4v) is 3.85. The SMILES string of the molecule is Cc1ccc2[nH]cc(C3=C(c4c[nH]c5ccc(C)cc45)C(=O)NC3=O)c2c1. The van der Waals surface area contributed by atoms with Crippen LogP contribution in [0.2, 0.25) is 0 Å². The standard InChI is InChI=1S/C22H17N3O2/c1-11-3-5-17-13(7-11)15(9-23-17)19-20(22(27)25-21(19)26)16-10-24-18-6-4-12(2)8-14(16)18/h3-10,23-24H,1-2H3,(H,25,26,27). The number of fused-ring (bicyclic) bond motifs is 2. The van der Waals surface area contributed by atoms with Gasteiger partial charge in [-0.1, -0.05) is 23.3 Å². The minimum atomic E-state index is -0.362. The van der Waals surface area contributed by atoms with Crippen LogP contribution < -0.4 is 5.32 Å². The van der Waals surface area contributed by atoms with Crippen molar-refractivity contribution < 1.29 is 9.59 Å². The first-order chi connectivity index (χ1) is 13.0. The van der Waals surface area contributed by atoms with E-state index < -0.39 is 0 Å². The molecule has 1 aliphatic rings. The van der Waals surface area contributed by atoms with Crippen molar-refractivity contribution in [3.8, 4) is 0 Å². The van der Waals surface area contributed by atoms with Crippen LogP contribution in [-0.4, -0.2) is 21.8 Å². The first kappa shape index (κ1) is 15.6. The van der Waals surface area contributed by atoms with E-state index in [9.17, 15) is 9.59 Å². The van der Waals surface area contributed by atoms with Crippen molar-refractivity contribution >= 4 is 44.8 Å². The topological polar surface area (TPSA) is 77.8 Å². The lowest BCUT2D eigenvalue weighted by Gasteiger charge is -2.04. The maximum absolute atomic E-state index is 12.7. The smallest absolute Gasteiger partial charge is 0.259 e. The summed E-state index contributed by atoms with van der Waals surface area (Å²) < 4.78 is 0. The fraction of sp³-hybridized carbons (Fsp3) is 0.0909. The van der Waals surface area contributed by atoms with Crippen molar-refractivity contribution in [2.24, 2.45) is 0 Å². The molecule has 5 heteroatoms. The van der Waals surface area contributed by atoms with Crippen molar-refractivity contribution in [1.82, 2.24) is 15.3 Å². The van der Waals surface area contributed by atoms with Crippen molar-refractivity contribution in [1.29, 1.82) is 0 Å². The van der Waals surface area contributed by atoms with Gasteiger partial charge in [-0.2, -0.15) is 0 Å². The molecule has 27 heavy (non-hydrogen) atoms. The third-order valence-corrected chi connectivity index (χ3v) is 5.14. The zero-order chi connectivity index (χ0) is 18.7. The van der Waals surface area contributed by atoms with Crippen molar-refractivity contribution in [3.63, 3.8) is 0 Å². The summed E-state index contributed by atoms with van der Waals surface area (Å²) in [5.74, 6) is -0.723. The van der Waals surface area contributed by atoms with Crippen LogP contribution in [0.25, 0.3) is 33.0 Å². The Balaban J connectivity index is 1.84. The highest BCUT2D eigenvalue weighted by molar-refractivity contribution is 6.50. The number of H-pyrrole nitrogens is 2. The second-order valence-corrected chi connectivity index (χ2v) is 7.04. The number of amides is 2. The molecule has 0 radical (unpaired) electrons. The van der Waals surface area contributed by atoms with E-state index in [1.54, 1.807) is 12.4 Å². The molecule has 1 aliphatic heterocycles. The van der Waals surface area contributed by atoms with E-state index in [1.165, 1.54) is 0 Å². The summed E-state index contributed by atoms with van der Waals surface area (Å²) in [5.41, 5.74) is 6.38. The molecule has 3 heterocycles. The van der Waals surface area contributed by atoms with Gasteiger partial charge in [-0.25, -0.2) is 0 Å². The molecule has 5 rings (SSSR count). The first-order valence-corrected chi connectivity index (χ1v) is 8.79. The molecule has 2 aromatic carbocycles. The minimum Gasteiger partial charge on any atom is -0.361 e. The van der Waals surface area contributed by atoms with Crippen molar-refractivity contribution in [3.05, 3.63) is 71.0 Å². The largest absolute Gasteiger partial charge is 0.361 e. The Morgan fingerprint density at radius 1 is 0.667 bits per heavy atom. The lowest BCUT2D eigenvalue weighted by atomic mass is 9.95. The highest BCUT2D eigenvalue weighted by atomic mass is 16.2. The monoisotopic (exact) mass is 355 g/mol. The molecule has 0 saturated heterocycles. The molecular formula is C22H17N3O2. The van der Waals surface area contributed by atoms with Gasteiger partial charge in [0.25, 0.3) is 11.8 Å². The van der Waals surface area contributed by atoms with Gasteiger partial charge in [0.05, 0.1) is 11.1 Å². The molecule has 5 nitrogen and oxygen atoms in total. The molecule has 2 aromatic heterocycles. The van der Waals surface area contributed by atoms with Crippen LogP contribution in [-0.2, 0) is 9.59 Å². The highest BCUT2D eigenvalue weighted by Gasteiger charge is 2.34. The minimum absolute atomic E-state index is 0.362. The Morgan fingerprint density at radius 3 is 1.56 bits per heavy atom. The van der Waals surface area contributed by atoms with Gasteiger partial charge in [-0.15, -0.1) is 0 Å². The van der Waals surface area contributed by atoms with Gasteiger partial charge in [-0.3, -0.25) is 14.9 Å². The average Bonchev–Trinajstić information content (AvgIpc) is 3.29. The van der Waals surface area contributed by atoms with Gasteiger partial charge in [-0.05, 0) is 38.1 Å². The zero-order valence-electron chi connectivity index (χ0n) is 14.9. The Labute approximate surface area is 155 Å². The quantitative estimate of drug-likeness (QED) is 0.478. The molecule has 0 fully saturated rings. The molecule has 2 amide bonds. The van der Waals surface area contributed by atoms with Crippen LogP contribution in [0.5, 0.6) is 0 Å². The molecule has 0 unspecified atom stereocenters. The summed E-state index contributed by atoms with van der Waals surface area (Å²) in [5, 5.41) is 4.34. The number of hydrogen-bond donors (Lipinski definition) is 3. The molecule has 0 saturated carbocycles. The lowest BCUT2D eigenvalue weighted by Crippen LogP contribution is -2.22. The summed E-state index contributed by atoms with van der Waals surface area (Å²) in [4.78, 5) is 31.8. The summed E-state index contributed by atoms with van der Waals surface area (Å²) in [6.45, 7) is 4.02. The Bertz CT molecular complexity index is 1200. The molecule has 132 valence electrons. The third kappa shape index (κ3) is 2.25. The maximum atomic E-state index is 12.7. The van der Waals surface area contributed by atoms with Gasteiger partial charge in [0.1, 0.15) is 0 Å². The lowest BCUT2D eigenvalue weighted by molar-refractivity contribution is -0.122. The molecule has 0 atom stereocenters. The van der Waals surface area contributed by atoms with Crippen LogP contribution in [0.15, 0.2) is 48.8 Å². The molecule has 3 N–H and O–H groups in total.